The molecule has 0 bridgehead atoms. The van der Waals surface area contributed by atoms with Gasteiger partial charge in [-0.05, 0) is 43.7 Å². The minimum absolute atomic E-state index is 0.00711. The van der Waals surface area contributed by atoms with Crippen LogP contribution in [0.2, 0.25) is 0 Å². The van der Waals surface area contributed by atoms with Gasteiger partial charge in [0.1, 0.15) is 17.4 Å². The predicted octanol–water partition coefficient (Wildman–Crippen LogP) is 2.93. The lowest BCUT2D eigenvalue weighted by Crippen LogP contribution is -2.32. The fourth-order valence-corrected chi connectivity index (χ4v) is 3.08. The molecule has 0 spiro atoms. The first-order valence-electron chi connectivity index (χ1n) is 7.60. The quantitative estimate of drug-likeness (QED) is 0.888. The number of aromatic hydroxyl groups is 1. The number of halogens is 2. The van der Waals surface area contributed by atoms with Crippen LogP contribution in [0.5, 0.6) is 5.75 Å². The Morgan fingerprint density at radius 3 is 2.71 bits per heavy atom. The maximum absolute atomic E-state index is 14.1. The lowest BCUT2D eigenvalue weighted by Gasteiger charge is -2.25. The predicted molar refractivity (Wildman–Crippen MR) is 83.6 cm³/mol. The van der Waals surface area contributed by atoms with Gasteiger partial charge in [0.15, 0.2) is 0 Å². The number of aryl methyl sites for hydroxylation is 1. The van der Waals surface area contributed by atoms with Gasteiger partial charge in [0, 0.05) is 12.1 Å². The summed E-state index contributed by atoms with van der Waals surface area (Å²) in [5.74, 6) is -1.97. The fourth-order valence-electron chi connectivity index (χ4n) is 3.08. The van der Waals surface area contributed by atoms with Crippen molar-refractivity contribution in [1.29, 1.82) is 0 Å². The Bertz CT molecular complexity index is 794. The Labute approximate surface area is 138 Å². The van der Waals surface area contributed by atoms with E-state index in [1.807, 2.05) is 0 Å². The number of nitrogens with zero attached hydrogens (tertiary/aromatic N) is 1. The molecule has 3 rings (SSSR count). The number of hydrogen-bond donors (Lipinski definition) is 2. The molecule has 2 aromatic carbocycles. The molecule has 1 heterocycles. The van der Waals surface area contributed by atoms with E-state index in [0.29, 0.717) is 0 Å². The van der Waals surface area contributed by atoms with Crippen LogP contribution in [0.15, 0.2) is 36.4 Å². The lowest BCUT2D eigenvalue weighted by atomic mass is 10.0. The van der Waals surface area contributed by atoms with Crippen molar-refractivity contribution in [3.63, 3.8) is 0 Å². The molecule has 1 aliphatic heterocycles. The number of phenols is 1. The summed E-state index contributed by atoms with van der Waals surface area (Å²) in [6.07, 6.45) is -0.729. The van der Waals surface area contributed by atoms with Gasteiger partial charge in [-0.3, -0.25) is 4.79 Å². The highest BCUT2D eigenvalue weighted by Gasteiger charge is 2.38. The number of β-amino-alcohol motifs (C(OH)–C–C–N with tert-alkyl or cyclic N) is 1. The molecule has 0 aromatic heterocycles. The fraction of sp³-hybridized carbons (Fsp3) is 0.278. The van der Waals surface area contributed by atoms with Gasteiger partial charge in [-0.25, -0.2) is 8.78 Å². The Kier molecular flexibility index (Phi) is 4.24. The number of amides is 1. The van der Waals surface area contributed by atoms with Gasteiger partial charge in [-0.2, -0.15) is 0 Å². The molecule has 2 N–H and O–H groups in total. The first kappa shape index (κ1) is 16.4. The Morgan fingerprint density at radius 1 is 1.21 bits per heavy atom. The highest BCUT2D eigenvalue weighted by Crippen LogP contribution is 2.36. The van der Waals surface area contributed by atoms with Crippen molar-refractivity contribution in [3.05, 3.63) is 64.7 Å². The third-order valence-corrected chi connectivity index (χ3v) is 4.24. The molecule has 0 radical (unpaired) electrons. The van der Waals surface area contributed by atoms with Gasteiger partial charge in [-0.1, -0.05) is 11.6 Å². The molecule has 1 aliphatic rings. The number of hydrogen-bond acceptors (Lipinski definition) is 3. The average Bonchev–Trinajstić information content (AvgIpc) is 2.93. The molecule has 1 fully saturated rings. The van der Waals surface area contributed by atoms with Crippen molar-refractivity contribution in [1.82, 2.24) is 4.90 Å². The van der Waals surface area contributed by atoms with Crippen molar-refractivity contribution >= 4 is 5.91 Å². The maximum Gasteiger partial charge on any atom is 0.258 e. The van der Waals surface area contributed by atoms with Gasteiger partial charge in [0.25, 0.3) is 5.91 Å². The molecule has 1 saturated heterocycles. The zero-order valence-electron chi connectivity index (χ0n) is 13.0. The largest absolute Gasteiger partial charge is 0.507 e. The van der Waals surface area contributed by atoms with Gasteiger partial charge in [-0.15, -0.1) is 0 Å². The van der Waals surface area contributed by atoms with E-state index < -0.39 is 29.7 Å². The summed E-state index contributed by atoms with van der Waals surface area (Å²) in [5.41, 5.74) is 0.877. The van der Waals surface area contributed by atoms with Crippen molar-refractivity contribution < 1.29 is 23.8 Å². The molecule has 4 nitrogen and oxygen atoms in total. The van der Waals surface area contributed by atoms with Gasteiger partial charge in [0.2, 0.25) is 0 Å². The van der Waals surface area contributed by atoms with Gasteiger partial charge < -0.3 is 15.1 Å². The highest BCUT2D eigenvalue weighted by molar-refractivity contribution is 5.97. The summed E-state index contributed by atoms with van der Waals surface area (Å²) in [7, 11) is 0. The molecular weight excluding hydrogens is 316 g/mol. The van der Waals surface area contributed by atoms with Crippen LogP contribution in [-0.2, 0) is 0 Å². The number of benzene rings is 2. The van der Waals surface area contributed by atoms with E-state index in [0.717, 1.165) is 23.8 Å². The molecule has 0 saturated carbocycles. The van der Waals surface area contributed by atoms with Crippen LogP contribution in [0, 0.1) is 18.6 Å². The number of carbonyl (C=O) groups excluding carboxylic acids is 1. The number of likely N-dealkylation sites (tertiary alicyclic amines) is 1. The van der Waals surface area contributed by atoms with Crippen molar-refractivity contribution in [2.75, 3.05) is 6.54 Å². The molecule has 6 heteroatoms. The first-order chi connectivity index (χ1) is 11.4. The zero-order valence-corrected chi connectivity index (χ0v) is 13.0. The standard InChI is InChI=1S/C18H17F2NO3/c1-10-2-5-17(23)14(6-10)18(24)21-9-12(22)8-16(21)13-7-11(19)3-4-15(13)20/h2-7,12,16,22-23H,8-9H2,1H3. The third-order valence-electron chi connectivity index (χ3n) is 4.24. The monoisotopic (exact) mass is 333 g/mol. The van der Waals surface area contributed by atoms with E-state index >= 15 is 0 Å². The summed E-state index contributed by atoms with van der Waals surface area (Å²) in [5, 5.41) is 19.9. The van der Waals surface area contributed by atoms with E-state index in [9.17, 15) is 23.8 Å². The summed E-state index contributed by atoms with van der Waals surface area (Å²) in [6, 6.07) is 6.85. The second-order valence-corrected chi connectivity index (χ2v) is 6.05. The minimum Gasteiger partial charge on any atom is -0.507 e. The lowest BCUT2D eigenvalue weighted by molar-refractivity contribution is 0.0710. The molecular formula is C18H17F2NO3. The van der Waals surface area contributed by atoms with Crippen LogP contribution in [0.25, 0.3) is 0 Å². The van der Waals surface area contributed by atoms with E-state index in [2.05, 4.69) is 0 Å². The summed E-state index contributed by atoms with van der Waals surface area (Å²) in [4.78, 5) is 14.1. The van der Waals surface area contributed by atoms with E-state index in [1.54, 1.807) is 13.0 Å². The summed E-state index contributed by atoms with van der Waals surface area (Å²) < 4.78 is 27.6. The molecule has 2 atom stereocenters. The molecule has 1 amide bonds. The van der Waals surface area contributed by atoms with Crippen LogP contribution in [0.3, 0.4) is 0 Å². The van der Waals surface area contributed by atoms with Crippen molar-refractivity contribution in [2.45, 2.75) is 25.5 Å². The van der Waals surface area contributed by atoms with Crippen molar-refractivity contribution in [2.24, 2.45) is 0 Å². The van der Waals surface area contributed by atoms with Gasteiger partial charge in [0.05, 0.1) is 17.7 Å². The van der Waals surface area contributed by atoms with E-state index in [-0.39, 0.29) is 29.8 Å². The van der Waals surface area contributed by atoms with Crippen LogP contribution < -0.4 is 0 Å². The Hall–Kier alpha value is -2.47. The summed E-state index contributed by atoms with van der Waals surface area (Å²) >= 11 is 0. The Morgan fingerprint density at radius 2 is 1.96 bits per heavy atom. The first-order valence-corrected chi connectivity index (χ1v) is 7.60. The maximum atomic E-state index is 14.1. The van der Waals surface area contributed by atoms with E-state index in [1.165, 1.54) is 17.0 Å². The molecule has 24 heavy (non-hydrogen) atoms. The van der Waals surface area contributed by atoms with Crippen LogP contribution in [0.4, 0.5) is 8.78 Å². The van der Waals surface area contributed by atoms with E-state index in [4.69, 9.17) is 0 Å². The average molecular weight is 333 g/mol. The number of aliphatic hydroxyl groups is 1. The normalized spacial score (nSPS) is 20.4. The van der Waals surface area contributed by atoms with Crippen LogP contribution >= 0.6 is 0 Å². The number of aliphatic hydroxyl groups excluding tert-OH is 1. The van der Waals surface area contributed by atoms with Crippen LogP contribution in [0.1, 0.15) is 33.9 Å². The minimum atomic E-state index is -0.839. The zero-order chi connectivity index (χ0) is 17.4. The third kappa shape index (κ3) is 2.97. The topological polar surface area (TPSA) is 60.8 Å². The Balaban J connectivity index is 2.00. The SMILES string of the molecule is Cc1ccc(O)c(C(=O)N2CC(O)CC2c2cc(F)ccc2F)c1. The second kappa shape index (κ2) is 6.20. The van der Waals surface area contributed by atoms with Gasteiger partial charge >= 0.3 is 0 Å². The van der Waals surface area contributed by atoms with Crippen LogP contribution in [-0.4, -0.2) is 33.7 Å². The molecule has 0 aliphatic carbocycles. The van der Waals surface area contributed by atoms with Crippen molar-refractivity contribution in [3.8, 4) is 5.75 Å². The highest BCUT2D eigenvalue weighted by atomic mass is 19.1. The summed E-state index contributed by atoms with van der Waals surface area (Å²) in [6.45, 7) is 1.77. The second-order valence-electron chi connectivity index (χ2n) is 6.05. The molecule has 2 aromatic rings. The molecule has 126 valence electrons. The number of rotatable bonds is 2. The molecule has 2 unspecified atom stereocenters. The smallest absolute Gasteiger partial charge is 0.258 e. The number of phenolic OH excluding ortho intramolecular Hbond substituents is 1. The number of carbonyl (C=O) groups is 1.